The first kappa shape index (κ1) is 15.0. The maximum Gasteiger partial charge on any atom is 0.125 e. The first-order valence-corrected chi connectivity index (χ1v) is 6.46. The highest BCUT2D eigenvalue weighted by Gasteiger charge is 2.16. The number of ether oxygens (including phenoxy) is 1. The van der Waals surface area contributed by atoms with Crippen LogP contribution in [-0.2, 0) is 0 Å². The van der Waals surface area contributed by atoms with E-state index in [1.54, 1.807) is 0 Å². The summed E-state index contributed by atoms with van der Waals surface area (Å²) in [6.07, 6.45) is 1.60. The molecule has 3 N–H and O–H groups in total. The highest BCUT2D eigenvalue weighted by atomic mass is 16.5. The van der Waals surface area contributed by atoms with Crippen LogP contribution < -0.4 is 10.5 Å². The van der Waals surface area contributed by atoms with Crippen molar-refractivity contribution in [2.45, 2.75) is 46.1 Å². The predicted octanol–water partition coefficient (Wildman–Crippen LogP) is 2.48. The Morgan fingerprint density at radius 2 is 1.78 bits per heavy atom. The summed E-state index contributed by atoms with van der Waals surface area (Å²) in [5.41, 5.74) is 8.97. The summed E-state index contributed by atoms with van der Waals surface area (Å²) in [6, 6.07) is 4.26. The Morgan fingerprint density at radius 1 is 1.22 bits per heavy atom. The van der Waals surface area contributed by atoms with Crippen LogP contribution in [0, 0.1) is 20.8 Å². The van der Waals surface area contributed by atoms with E-state index in [0.717, 1.165) is 18.6 Å². The molecule has 1 aromatic rings. The van der Waals surface area contributed by atoms with E-state index in [1.807, 2.05) is 6.92 Å². The number of hydrogen-bond acceptors (Lipinski definition) is 3. The lowest BCUT2D eigenvalue weighted by molar-refractivity contribution is 0.188. The molecule has 0 saturated heterocycles. The third kappa shape index (κ3) is 4.31. The summed E-state index contributed by atoms with van der Waals surface area (Å²) in [5, 5.41) is 9.06. The number of hydrogen-bond donors (Lipinski definition) is 2. The molecule has 1 atom stereocenters. The Labute approximate surface area is 110 Å². The highest BCUT2D eigenvalue weighted by Crippen LogP contribution is 2.24. The van der Waals surface area contributed by atoms with Crippen LogP contribution in [0.25, 0.3) is 0 Å². The van der Waals surface area contributed by atoms with E-state index >= 15 is 0 Å². The summed E-state index contributed by atoms with van der Waals surface area (Å²) in [6.45, 7) is 8.72. The van der Waals surface area contributed by atoms with Crippen molar-refractivity contribution < 1.29 is 9.84 Å². The van der Waals surface area contributed by atoms with Gasteiger partial charge in [-0.1, -0.05) is 17.7 Å². The monoisotopic (exact) mass is 251 g/mol. The molecule has 0 saturated carbocycles. The fourth-order valence-electron chi connectivity index (χ4n) is 2.12. The maximum atomic E-state index is 9.06. The molecule has 0 bridgehead atoms. The third-order valence-corrected chi connectivity index (χ3v) is 3.10. The summed E-state index contributed by atoms with van der Waals surface area (Å²) < 4.78 is 5.83. The second-order valence-corrected chi connectivity index (χ2v) is 5.49. The number of benzene rings is 1. The van der Waals surface area contributed by atoms with Gasteiger partial charge in [-0.25, -0.2) is 0 Å². The van der Waals surface area contributed by atoms with Crippen molar-refractivity contribution in [1.29, 1.82) is 0 Å². The van der Waals surface area contributed by atoms with Crippen LogP contribution >= 0.6 is 0 Å². The Bertz CT molecular complexity index is 376. The van der Waals surface area contributed by atoms with Crippen molar-refractivity contribution in [3.63, 3.8) is 0 Å². The minimum Gasteiger partial charge on any atom is -0.493 e. The first-order valence-electron chi connectivity index (χ1n) is 6.46. The van der Waals surface area contributed by atoms with Crippen LogP contribution in [0.2, 0.25) is 0 Å². The molecule has 1 aromatic carbocycles. The SMILES string of the molecule is Cc1cc(C)c(OCCCC(C)(N)CO)c(C)c1. The van der Waals surface area contributed by atoms with E-state index in [4.69, 9.17) is 15.6 Å². The zero-order valence-corrected chi connectivity index (χ0v) is 11.9. The van der Waals surface area contributed by atoms with Crippen molar-refractivity contribution in [3.05, 3.63) is 28.8 Å². The van der Waals surface area contributed by atoms with Crippen LogP contribution in [0.5, 0.6) is 5.75 Å². The van der Waals surface area contributed by atoms with Gasteiger partial charge in [0.1, 0.15) is 5.75 Å². The van der Waals surface area contributed by atoms with Gasteiger partial charge in [0.15, 0.2) is 0 Å². The van der Waals surface area contributed by atoms with Crippen LogP contribution in [0.4, 0.5) is 0 Å². The molecule has 0 aliphatic rings. The van der Waals surface area contributed by atoms with Crippen molar-refractivity contribution >= 4 is 0 Å². The average molecular weight is 251 g/mol. The van der Waals surface area contributed by atoms with Crippen LogP contribution in [0.3, 0.4) is 0 Å². The third-order valence-electron chi connectivity index (χ3n) is 3.10. The van der Waals surface area contributed by atoms with Gasteiger partial charge in [-0.05, 0) is 51.7 Å². The lowest BCUT2D eigenvalue weighted by Gasteiger charge is -2.21. The molecule has 18 heavy (non-hydrogen) atoms. The van der Waals surface area contributed by atoms with Gasteiger partial charge in [-0.15, -0.1) is 0 Å². The summed E-state index contributed by atoms with van der Waals surface area (Å²) in [7, 11) is 0. The molecule has 0 aliphatic heterocycles. The van der Waals surface area contributed by atoms with Crippen molar-refractivity contribution in [2.75, 3.05) is 13.2 Å². The molecule has 3 nitrogen and oxygen atoms in total. The van der Waals surface area contributed by atoms with Gasteiger partial charge in [-0.3, -0.25) is 0 Å². The van der Waals surface area contributed by atoms with E-state index in [2.05, 4.69) is 32.9 Å². The molecule has 0 fully saturated rings. The van der Waals surface area contributed by atoms with E-state index in [0.29, 0.717) is 6.61 Å². The van der Waals surface area contributed by atoms with Gasteiger partial charge in [0.05, 0.1) is 13.2 Å². The Balaban J connectivity index is 2.50. The highest BCUT2D eigenvalue weighted by molar-refractivity contribution is 5.42. The van der Waals surface area contributed by atoms with Crippen molar-refractivity contribution in [3.8, 4) is 5.75 Å². The van der Waals surface area contributed by atoms with E-state index in [9.17, 15) is 0 Å². The zero-order valence-electron chi connectivity index (χ0n) is 11.9. The molecule has 0 radical (unpaired) electrons. The number of rotatable bonds is 6. The molecular formula is C15H25NO2. The Hall–Kier alpha value is -1.06. The van der Waals surface area contributed by atoms with Gasteiger partial charge in [0.2, 0.25) is 0 Å². The minimum atomic E-state index is -0.499. The fraction of sp³-hybridized carbons (Fsp3) is 0.600. The van der Waals surface area contributed by atoms with Gasteiger partial charge in [0.25, 0.3) is 0 Å². The summed E-state index contributed by atoms with van der Waals surface area (Å²) >= 11 is 0. The predicted molar refractivity (Wildman–Crippen MR) is 75.1 cm³/mol. The zero-order chi connectivity index (χ0) is 13.8. The molecular weight excluding hydrogens is 226 g/mol. The molecule has 102 valence electrons. The largest absolute Gasteiger partial charge is 0.493 e. The van der Waals surface area contributed by atoms with E-state index in [1.165, 1.54) is 16.7 Å². The molecule has 0 heterocycles. The number of aryl methyl sites for hydroxylation is 3. The van der Waals surface area contributed by atoms with E-state index < -0.39 is 5.54 Å². The molecule has 0 amide bonds. The average Bonchev–Trinajstić information content (AvgIpc) is 2.26. The number of aliphatic hydroxyl groups excluding tert-OH is 1. The molecule has 0 spiro atoms. The number of aliphatic hydroxyl groups is 1. The van der Waals surface area contributed by atoms with E-state index in [-0.39, 0.29) is 6.61 Å². The molecule has 0 aromatic heterocycles. The van der Waals surface area contributed by atoms with Gasteiger partial charge in [0, 0.05) is 5.54 Å². The van der Waals surface area contributed by atoms with Gasteiger partial charge in [-0.2, -0.15) is 0 Å². The lowest BCUT2D eigenvalue weighted by atomic mass is 9.99. The van der Waals surface area contributed by atoms with Gasteiger partial charge >= 0.3 is 0 Å². The van der Waals surface area contributed by atoms with Crippen LogP contribution in [-0.4, -0.2) is 23.9 Å². The first-order chi connectivity index (χ1) is 8.35. The maximum absolute atomic E-state index is 9.06. The second kappa shape index (κ2) is 6.21. The Morgan fingerprint density at radius 3 is 2.28 bits per heavy atom. The molecule has 3 heteroatoms. The number of nitrogens with two attached hydrogens (primary N) is 1. The van der Waals surface area contributed by atoms with Gasteiger partial charge < -0.3 is 15.6 Å². The fourth-order valence-corrected chi connectivity index (χ4v) is 2.12. The smallest absolute Gasteiger partial charge is 0.125 e. The van der Waals surface area contributed by atoms with Crippen LogP contribution in [0.15, 0.2) is 12.1 Å². The summed E-state index contributed by atoms with van der Waals surface area (Å²) in [4.78, 5) is 0. The summed E-state index contributed by atoms with van der Waals surface area (Å²) in [5.74, 6) is 0.975. The standard InChI is InChI=1S/C15H25NO2/c1-11-8-12(2)14(13(3)9-11)18-7-5-6-15(4,16)10-17/h8-9,17H,5-7,10,16H2,1-4H3. The molecule has 1 unspecified atom stereocenters. The topological polar surface area (TPSA) is 55.5 Å². The quantitative estimate of drug-likeness (QED) is 0.764. The van der Waals surface area contributed by atoms with Crippen molar-refractivity contribution in [2.24, 2.45) is 5.73 Å². The normalized spacial score (nSPS) is 14.3. The minimum absolute atomic E-state index is 0.00951. The molecule has 0 aliphatic carbocycles. The lowest BCUT2D eigenvalue weighted by Crippen LogP contribution is -2.40. The second-order valence-electron chi connectivity index (χ2n) is 5.49. The molecule has 1 rings (SSSR count). The Kier molecular flexibility index (Phi) is 5.17. The van der Waals surface area contributed by atoms with Crippen LogP contribution in [0.1, 0.15) is 36.5 Å². The van der Waals surface area contributed by atoms with Crippen molar-refractivity contribution in [1.82, 2.24) is 0 Å².